The average molecular weight is 769 g/mol. The van der Waals surface area contributed by atoms with E-state index < -0.39 is 0 Å². The maximum Gasteiger partial charge on any atom is 0.235 e. The first-order chi connectivity index (χ1) is 29.3. The molecule has 1 aliphatic heterocycles. The molecule has 274 valence electrons. The monoisotopic (exact) mass is 768 g/mol. The van der Waals surface area contributed by atoms with Crippen molar-refractivity contribution in [3.63, 3.8) is 0 Å². The third-order valence-electron chi connectivity index (χ3n) is 12.1. The second kappa shape index (κ2) is 12.5. The van der Waals surface area contributed by atoms with Crippen LogP contribution in [0, 0.1) is 0 Å². The van der Waals surface area contributed by atoms with Crippen molar-refractivity contribution in [3.8, 4) is 45.1 Å². The molecular weight excluding hydrogens is 737 g/mol. The number of para-hydroxylation sites is 3. The lowest BCUT2D eigenvalue weighted by Gasteiger charge is -2.21. The van der Waals surface area contributed by atoms with Gasteiger partial charge in [0.25, 0.3) is 0 Å². The number of aromatic nitrogens is 4. The number of rotatable bonds is 4. The van der Waals surface area contributed by atoms with Crippen LogP contribution in [0.25, 0.3) is 110 Å². The number of hydrogen-bond donors (Lipinski definition) is 0. The lowest BCUT2D eigenvalue weighted by molar-refractivity contribution is 1.01. The van der Waals surface area contributed by atoms with Crippen molar-refractivity contribution in [1.29, 1.82) is 0 Å². The first kappa shape index (κ1) is 32.6. The molecule has 12 aromatic rings. The molecule has 3 aromatic heterocycles. The molecule has 0 unspecified atom stereocenters. The molecule has 0 saturated heterocycles. The molecule has 0 fully saturated rings. The van der Waals surface area contributed by atoms with E-state index in [1.807, 2.05) is 11.8 Å². The molecule has 5 heteroatoms. The van der Waals surface area contributed by atoms with Crippen LogP contribution in [0.5, 0.6) is 0 Å². The Morgan fingerprint density at radius 2 is 1.00 bits per heavy atom. The summed E-state index contributed by atoms with van der Waals surface area (Å²) in [6, 6.07) is 70.1. The minimum absolute atomic E-state index is 0.659. The van der Waals surface area contributed by atoms with Gasteiger partial charge in [-0.25, -0.2) is 9.97 Å². The summed E-state index contributed by atoms with van der Waals surface area (Å²) >= 11 is 1.86. The van der Waals surface area contributed by atoms with Gasteiger partial charge in [0.15, 0.2) is 0 Å². The van der Waals surface area contributed by atoms with Gasteiger partial charge in [-0.2, -0.15) is 0 Å². The van der Waals surface area contributed by atoms with E-state index in [9.17, 15) is 0 Å². The van der Waals surface area contributed by atoms with Gasteiger partial charge in [-0.05, 0) is 94.4 Å². The van der Waals surface area contributed by atoms with Crippen molar-refractivity contribution in [2.75, 3.05) is 0 Å². The molecule has 59 heavy (non-hydrogen) atoms. The summed E-state index contributed by atoms with van der Waals surface area (Å²) in [4.78, 5) is 13.3. The topological polar surface area (TPSA) is 35.6 Å². The van der Waals surface area contributed by atoms with Gasteiger partial charge in [0.1, 0.15) is 0 Å². The molecule has 13 rings (SSSR count). The van der Waals surface area contributed by atoms with Crippen molar-refractivity contribution in [2.24, 2.45) is 0 Å². The van der Waals surface area contributed by atoms with Gasteiger partial charge in [-0.15, -0.1) is 0 Å². The van der Waals surface area contributed by atoms with Gasteiger partial charge in [-0.3, -0.25) is 4.57 Å². The molecule has 0 amide bonds. The molecule has 0 spiro atoms. The lowest BCUT2D eigenvalue weighted by Crippen LogP contribution is -2.04. The van der Waals surface area contributed by atoms with Crippen LogP contribution in [0.3, 0.4) is 0 Å². The van der Waals surface area contributed by atoms with Crippen LogP contribution >= 0.6 is 11.8 Å². The van der Waals surface area contributed by atoms with Crippen LogP contribution in [0.2, 0.25) is 0 Å². The SMILES string of the molecule is c1ccc(-c2nc(-n3c4ccc(-c5ccc6c(c5)c5ccccc5n6-c5ccccc5)cc4c4c5cccc6c5c(cc43)-c3ccccc3S6)nc3ccccc23)cc1. The zero-order valence-electron chi connectivity index (χ0n) is 31.7. The summed E-state index contributed by atoms with van der Waals surface area (Å²) in [6.45, 7) is 0. The van der Waals surface area contributed by atoms with Crippen LogP contribution in [0.1, 0.15) is 0 Å². The highest BCUT2D eigenvalue weighted by molar-refractivity contribution is 7.99. The Bertz CT molecular complexity index is 3700. The highest BCUT2D eigenvalue weighted by Gasteiger charge is 2.26. The molecule has 0 bridgehead atoms. The molecule has 0 aliphatic carbocycles. The number of benzene rings is 9. The Morgan fingerprint density at radius 3 is 1.85 bits per heavy atom. The molecule has 9 aromatic carbocycles. The molecule has 1 aliphatic rings. The number of fused-ring (bicyclic) bond motifs is 10. The van der Waals surface area contributed by atoms with E-state index in [4.69, 9.17) is 9.97 Å². The Balaban J connectivity index is 1.12. The van der Waals surface area contributed by atoms with Gasteiger partial charge in [-0.1, -0.05) is 139 Å². The first-order valence-corrected chi connectivity index (χ1v) is 20.8. The predicted molar refractivity (Wildman–Crippen MR) is 246 cm³/mol. The number of nitrogens with zero attached hydrogens (tertiary/aromatic N) is 4. The molecular formula is C54H32N4S. The number of hydrogen-bond acceptors (Lipinski definition) is 3. The lowest BCUT2D eigenvalue weighted by atomic mass is 9.93. The Morgan fingerprint density at radius 1 is 0.356 bits per heavy atom. The van der Waals surface area contributed by atoms with E-state index in [0.29, 0.717) is 5.95 Å². The second-order valence-electron chi connectivity index (χ2n) is 15.3. The normalized spacial score (nSPS) is 12.3. The Hall–Kier alpha value is -7.47. The summed E-state index contributed by atoms with van der Waals surface area (Å²) in [5.41, 5.74) is 13.5. The minimum Gasteiger partial charge on any atom is -0.309 e. The molecule has 0 radical (unpaired) electrons. The van der Waals surface area contributed by atoms with Gasteiger partial charge in [0, 0.05) is 53.4 Å². The van der Waals surface area contributed by atoms with E-state index in [0.717, 1.165) is 38.9 Å². The molecule has 4 nitrogen and oxygen atoms in total. The van der Waals surface area contributed by atoms with Gasteiger partial charge >= 0.3 is 0 Å². The summed E-state index contributed by atoms with van der Waals surface area (Å²) < 4.78 is 4.68. The third kappa shape index (κ3) is 4.80. The fraction of sp³-hybridized carbons (Fsp3) is 0. The van der Waals surface area contributed by atoms with Crippen LogP contribution in [0.4, 0.5) is 0 Å². The molecule has 0 atom stereocenters. The van der Waals surface area contributed by atoms with Gasteiger partial charge < -0.3 is 4.57 Å². The summed E-state index contributed by atoms with van der Waals surface area (Å²) in [5, 5.41) is 8.44. The minimum atomic E-state index is 0.659. The first-order valence-electron chi connectivity index (χ1n) is 20.0. The summed E-state index contributed by atoms with van der Waals surface area (Å²) in [7, 11) is 0. The quantitative estimate of drug-likeness (QED) is 0.179. The zero-order chi connectivity index (χ0) is 38.6. The highest BCUT2D eigenvalue weighted by Crippen LogP contribution is 2.51. The van der Waals surface area contributed by atoms with E-state index in [1.165, 1.54) is 75.4 Å². The predicted octanol–water partition coefficient (Wildman–Crippen LogP) is 14.4. The van der Waals surface area contributed by atoms with Crippen molar-refractivity contribution in [1.82, 2.24) is 19.1 Å². The van der Waals surface area contributed by atoms with Crippen LogP contribution < -0.4 is 0 Å². The van der Waals surface area contributed by atoms with Crippen LogP contribution in [-0.4, -0.2) is 19.1 Å². The van der Waals surface area contributed by atoms with Gasteiger partial charge in [0.05, 0.1) is 33.3 Å². The van der Waals surface area contributed by atoms with Crippen molar-refractivity contribution in [2.45, 2.75) is 9.79 Å². The van der Waals surface area contributed by atoms with E-state index in [1.54, 1.807) is 0 Å². The van der Waals surface area contributed by atoms with Crippen LogP contribution in [0.15, 0.2) is 204 Å². The Labute approximate surface area is 343 Å². The molecule has 0 saturated carbocycles. The second-order valence-corrected chi connectivity index (χ2v) is 16.4. The maximum atomic E-state index is 5.44. The van der Waals surface area contributed by atoms with Crippen molar-refractivity contribution in [3.05, 3.63) is 194 Å². The zero-order valence-corrected chi connectivity index (χ0v) is 32.5. The van der Waals surface area contributed by atoms with Gasteiger partial charge in [0.2, 0.25) is 5.95 Å². The van der Waals surface area contributed by atoms with E-state index >= 15 is 0 Å². The highest BCUT2D eigenvalue weighted by atomic mass is 32.2. The van der Waals surface area contributed by atoms with Crippen molar-refractivity contribution < 1.29 is 0 Å². The summed E-state index contributed by atoms with van der Waals surface area (Å²) in [5.74, 6) is 0.659. The smallest absolute Gasteiger partial charge is 0.235 e. The Kier molecular flexibility index (Phi) is 6.91. The van der Waals surface area contributed by atoms with E-state index in [2.05, 4.69) is 203 Å². The van der Waals surface area contributed by atoms with Crippen LogP contribution in [-0.2, 0) is 0 Å². The largest absolute Gasteiger partial charge is 0.309 e. The van der Waals surface area contributed by atoms with E-state index in [-0.39, 0.29) is 0 Å². The molecule has 0 N–H and O–H groups in total. The third-order valence-corrected chi connectivity index (χ3v) is 13.2. The standard InChI is InChI=1S/C54H32N4S/c1-3-14-33(15-4-1)53-39-20-7-10-22-44(39)55-54(56-53)58-47-29-27-35(34-26-28-46-41(30-34)37-18-8-11-23-45(37)57(46)36-16-5-2-6-17-36)31-43(47)51-40-21-13-25-50-52(40)42(32-48(51)58)38-19-9-12-24-49(38)59-50/h1-32H. The van der Waals surface area contributed by atoms with Crippen molar-refractivity contribution >= 4 is 77.0 Å². The maximum absolute atomic E-state index is 5.44. The summed E-state index contributed by atoms with van der Waals surface area (Å²) in [6.07, 6.45) is 0. The fourth-order valence-corrected chi connectivity index (χ4v) is 10.7. The average Bonchev–Trinajstić information content (AvgIpc) is 3.81. The fourth-order valence-electron chi connectivity index (χ4n) is 9.53. The molecule has 4 heterocycles.